The monoisotopic (exact) mass is 802 g/mol. The highest BCUT2D eigenvalue weighted by Gasteiger charge is 2.15. The minimum absolute atomic E-state index is 0.897. The summed E-state index contributed by atoms with van der Waals surface area (Å²) in [6.45, 7) is 0. The second kappa shape index (κ2) is 16.7. The molecule has 8 aromatic carbocycles. The van der Waals surface area contributed by atoms with Gasteiger partial charge in [0, 0.05) is 16.7 Å². The Morgan fingerprint density at radius 2 is 0.730 bits per heavy atom. The highest BCUT2D eigenvalue weighted by atomic mass is 14.7. The molecule has 0 spiro atoms. The maximum atomic E-state index is 5.35. The molecular weight excluding hydrogens is 761 g/mol. The lowest BCUT2D eigenvalue weighted by atomic mass is 9.93. The molecule has 0 amide bonds. The van der Waals surface area contributed by atoms with Gasteiger partial charge in [-0.05, 0) is 121 Å². The number of fused-ring (bicyclic) bond motifs is 2. The molecule has 296 valence electrons. The first kappa shape index (κ1) is 37.8. The molecule has 0 N–H and O–H groups in total. The van der Waals surface area contributed by atoms with Gasteiger partial charge in [-0.25, -0.2) is 9.97 Å². The van der Waals surface area contributed by atoms with Crippen LogP contribution in [0, 0.1) is 0 Å². The summed E-state index contributed by atoms with van der Waals surface area (Å²) in [5.41, 5.74) is 17.3. The summed E-state index contributed by atoms with van der Waals surface area (Å²) in [6.07, 6.45) is 11.8. The summed E-state index contributed by atoms with van der Waals surface area (Å²) in [5.74, 6) is 0. The standard InChI is InChI=1S/C61H42N2/c1-2-5-20-44(19-4-1)58-38-52(40-60(62-58)50-29-13-27-48(36-50)56-33-15-23-42-17-8-10-31-54(42)56)46-25-12-26-47(35-46)53-39-59(45-21-6-3-7-22-45)63-61(41-53)51-30-14-28-49(37-51)57-34-16-24-43-18-9-11-32-55(43)57/h1,3-41H,2H2. The Labute approximate surface area is 368 Å². The first-order valence-electron chi connectivity index (χ1n) is 21.6. The fourth-order valence-corrected chi connectivity index (χ4v) is 8.87. The third kappa shape index (κ3) is 7.71. The highest BCUT2D eigenvalue weighted by molar-refractivity contribution is 5.98. The van der Waals surface area contributed by atoms with E-state index >= 15 is 0 Å². The number of hydrogen-bond donors (Lipinski definition) is 0. The molecule has 11 rings (SSSR count). The summed E-state index contributed by atoms with van der Waals surface area (Å²) < 4.78 is 0. The average Bonchev–Trinajstić information content (AvgIpc) is 3.66. The lowest BCUT2D eigenvalue weighted by Gasteiger charge is -2.14. The number of rotatable bonds is 8. The maximum absolute atomic E-state index is 5.35. The molecule has 0 unspecified atom stereocenters. The average molecular weight is 803 g/mol. The maximum Gasteiger partial charge on any atom is 0.0715 e. The SMILES string of the molecule is C1=CCC=CC(c2cc(-c3cccc(-c4cc(-c5ccccc5)nc(-c5cccc(-c6cccc7ccccc67)c5)c4)c3)cc(-c3cccc(-c4cccc5ccccc45)c3)n2)=C1. The van der Waals surface area contributed by atoms with Gasteiger partial charge in [-0.2, -0.15) is 0 Å². The molecule has 0 aliphatic heterocycles. The minimum Gasteiger partial charge on any atom is -0.248 e. The van der Waals surface area contributed by atoms with Gasteiger partial charge in [0.15, 0.2) is 0 Å². The molecule has 0 saturated heterocycles. The van der Waals surface area contributed by atoms with E-state index < -0.39 is 0 Å². The molecule has 2 aromatic heterocycles. The van der Waals surface area contributed by atoms with Crippen LogP contribution in [0.1, 0.15) is 12.1 Å². The van der Waals surface area contributed by atoms with Gasteiger partial charge in [-0.15, -0.1) is 0 Å². The molecule has 1 aliphatic carbocycles. The lowest BCUT2D eigenvalue weighted by molar-refractivity contribution is 1.28. The van der Waals surface area contributed by atoms with Crippen molar-refractivity contribution in [3.63, 3.8) is 0 Å². The van der Waals surface area contributed by atoms with Crippen LogP contribution in [0.2, 0.25) is 0 Å². The van der Waals surface area contributed by atoms with Crippen molar-refractivity contribution in [3.8, 4) is 78.3 Å². The topological polar surface area (TPSA) is 25.8 Å². The van der Waals surface area contributed by atoms with Crippen LogP contribution < -0.4 is 0 Å². The van der Waals surface area contributed by atoms with Crippen molar-refractivity contribution < 1.29 is 0 Å². The van der Waals surface area contributed by atoms with Crippen LogP contribution in [0.5, 0.6) is 0 Å². The van der Waals surface area contributed by atoms with E-state index in [9.17, 15) is 0 Å². The fourth-order valence-electron chi connectivity index (χ4n) is 8.87. The van der Waals surface area contributed by atoms with E-state index in [0.717, 1.165) is 73.7 Å². The second-order valence-electron chi connectivity index (χ2n) is 16.1. The minimum atomic E-state index is 0.897. The van der Waals surface area contributed by atoms with Gasteiger partial charge in [-0.1, -0.05) is 200 Å². The Balaban J connectivity index is 1.03. The number of hydrogen-bond acceptors (Lipinski definition) is 2. The van der Waals surface area contributed by atoms with Crippen molar-refractivity contribution in [2.45, 2.75) is 6.42 Å². The molecule has 0 fully saturated rings. The molecule has 10 aromatic rings. The van der Waals surface area contributed by atoms with E-state index in [1.807, 2.05) is 0 Å². The molecular formula is C61H42N2. The van der Waals surface area contributed by atoms with Gasteiger partial charge >= 0.3 is 0 Å². The number of nitrogens with zero attached hydrogens (tertiary/aromatic N) is 2. The Morgan fingerprint density at radius 1 is 0.302 bits per heavy atom. The number of aromatic nitrogens is 2. The van der Waals surface area contributed by atoms with Gasteiger partial charge in [0.2, 0.25) is 0 Å². The van der Waals surface area contributed by atoms with Crippen molar-refractivity contribution in [2.75, 3.05) is 0 Å². The molecule has 2 heterocycles. The van der Waals surface area contributed by atoms with E-state index in [2.05, 4.69) is 243 Å². The molecule has 2 nitrogen and oxygen atoms in total. The van der Waals surface area contributed by atoms with Gasteiger partial charge in [0.05, 0.1) is 22.8 Å². The summed E-state index contributed by atoms with van der Waals surface area (Å²) in [7, 11) is 0. The summed E-state index contributed by atoms with van der Waals surface area (Å²) in [5, 5.41) is 4.94. The molecule has 1 aliphatic rings. The van der Waals surface area contributed by atoms with Crippen molar-refractivity contribution in [3.05, 3.63) is 248 Å². The van der Waals surface area contributed by atoms with Crippen molar-refractivity contribution in [1.29, 1.82) is 0 Å². The summed E-state index contributed by atoms with van der Waals surface area (Å²) >= 11 is 0. The third-order valence-corrected chi connectivity index (χ3v) is 12.0. The van der Waals surface area contributed by atoms with Gasteiger partial charge in [-0.3, -0.25) is 0 Å². The molecule has 0 bridgehead atoms. The van der Waals surface area contributed by atoms with Gasteiger partial charge in [0.25, 0.3) is 0 Å². The van der Waals surface area contributed by atoms with E-state index in [0.29, 0.717) is 0 Å². The van der Waals surface area contributed by atoms with Crippen LogP contribution >= 0.6 is 0 Å². The zero-order valence-corrected chi connectivity index (χ0v) is 34.7. The van der Waals surface area contributed by atoms with Crippen LogP contribution in [0.25, 0.3) is 105 Å². The zero-order valence-electron chi connectivity index (χ0n) is 34.7. The van der Waals surface area contributed by atoms with Gasteiger partial charge in [0.1, 0.15) is 0 Å². The van der Waals surface area contributed by atoms with Crippen LogP contribution in [0.15, 0.2) is 243 Å². The van der Waals surface area contributed by atoms with Crippen molar-refractivity contribution in [1.82, 2.24) is 9.97 Å². The van der Waals surface area contributed by atoms with Crippen LogP contribution in [0.3, 0.4) is 0 Å². The molecule has 63 heavy (non-hydrogen) atoms. The largest absolute Gasteiger partial charge is 0.248 e. The predicted octanol–water partition coefficient (Wildman–Crippen LogP) is 16.4. The van der Waals surface area contributed by atoms with E-state index in [1.54, 1.807) is 0 Å². The smallest absolute Gasteiger partial charge is 0.0715 e. The van der Waals surface area contributed by atoms with Crippen LogP contribution in [-0.4, -0.2) is 9.97 Å². The third-order valence-electron chi connectivity index (χ3n) is 12.0. The Bertz CT molecular complexity index is 3410. The summed E-state index contributed by atoms with van der Waals surface area (Å²) in [6, 6.07) is 76.2. The quantitative estimate of drug-likeness (QED) is 0.153. The predicted molar refractivity (Wildman–Crippen MR) is 266 cm³/mol. The molecule has 0 radical (unpaired) electrons. The van der Waals surface area contributed by atoms with E-state index in [4.69, 9.17) is 9.97 Å². The first-order valence-corrected chi connectivity index (χ1v) is 21.6. The number of allylic oxidation sites excluding steroid dienone is 6. The molecule has 2 heteroatoms. The number of benzene rings is 8. The summed E-state index contributed by atoms with van der Waals surface area (Å²) in [4.78, 5) is 10.7. The van der Waals surface area contributed by atoms with E-state index in [-0.39, 0.29) is 0 Å². The van der Waals surface area contributed by atoms with Gasteiger partial charge < -0.3 is 0 Å². The molecule has 0 saturated carbocycles. The highest BCUT2D eigenvalue weighted by Crippen LogP contribution is 2.38. The first-order chi connectivity index (χ1) is 31.2. The normalized spacial score (nSPS) is 12.3. The molecule has 0 atom stereocenters. The second-order valence-corrected chi connectivity index (χ2v) is 16.1. The van der Waals surface area contributed by atoms with Crippen LogP contribution in [0.4, 0.5) is 0 Å². The van der Waals surface area contributed by atoms with Crippen LogP contribution in [-0.2, 0) is 0 Å². The Morgan fingerprint density at radius 3 is 1.33 bits per heavy atom. The van der Waals surface area contributed by atoms with Crippen molar-refractivity contribution >= 4 is 27.1 Å². The van der Waals surface area contributed by atoms with E-state index in [1.165, 1.54) is 43.8 Å². The fraction of sp³-hybridized carbons (Fsp3) is 0.0164. The lowest BCUT2D eigenvalue weighted by Crippen LogP contribution is -1.95. The Hall–Kier alpha value is -8.20. The van der Waals surface area contributed by atoms with Crippen molar-refractivity contribution in [2.24, 2.45) is 0 Å². The number of pyridine rings is 2. The zero-order chi connectivity index (χ0) is 42.0. The Kier molecular flexibility index (Phi) is 10.0.